The Balaban J connectivity index is 2.51. The van der Waals surface area contributed by atoms with E-state index in [2.05, 4.69) is 32.9 Å². The summed E-state index contributed by atoms with van der Waals surface area (Å²) in [6.45, 7) is 8.40. The van der Waals surface area contributed by atoms with Crippen LogP contribution in [-0.4, -0.2) is 19.0 Å². The van der Waals surface area contributed by atoms with Crippen molar-refractivity contribution < 1.29 is 19.1 Å². The van der Waals surface area contributed by atoms with E-state index < -0.39 is 18.0 Å². The van der Waals surface area contributed by atoms with Gasteiger partial charge in [0, 0.05) is 5.56 Å². The number of methoxy groups -OCH3 is 1. The van der Waals surface area contributed by atoms with Crippen molar-refractivity contribution >= 4 is 11.9 Å². The summed E-state index contributed by atoms with van der Waals surface area (Å²) in [6, 6.07) is 8.89. The first-order valence-electron chi connectivity index (χ1n) is 10.1. The third kappa shape index (κ3) is 10.5. The zero-order valence-corrected chi connectivity index (χ0v) is 18.4. The minimum absolute atomic E-state index is 0.134. The lowest BCUT2D eigenvalue weighted by Crippen LogP contribution is -2.20. The van der Waals surface area contributed by atoms with E-state index in [1.54, 1.807) is 24.3 Å². The topological polar surface area (TPSA) is 52.6 Å². The number of hydrogen-bond acceptors (Lipinski definition) is 4. The van der Waals surface area contributed by atoms with Crippen LogP contribution in [-0.2, 0) is 19.1 Å². The molecule has 0 amide bonds. The molecule has 0 aliphatic carbocycles. The average molecular weight is 399 g/mol. The van der Waals surface area contributed by atoms with Crippen molar-refractivity contribution in [3.05, 3.63) is 70.8 Å². The summed E-state index contributed by atoms with van der Waals surface area (Å²) < 4.78 is 10.1. The van der Waals surface area contributed by atoms with E-state index in [1.165, 1.54) is 18.3 Å². The molecule has 0 N–H and O–H groups in total. The maximum atomic E-state index is 12.2. The highest BCUT2D eigenvalue weighted by molar-refractivity contribution is 5.81. The molecular formula is C25H34O4. The molecular weight excluding hydrogens is 364 g/mol. The number of esters is 2. The van der Waals surface area contributed by atoms with Gasteiger partial charge >= 0.3 is 11.9 Å². The molecule has 0 saturated heterocycles. The Morgan fingerprint density at radius 1 is 0.897 bits per heavy atom. The minimum Gasteiger partial charge on any atom is -0.466 e. The van der Waals surface area contributed by atoms with Crippen LogP contribution >= 0.6 is 0 Å². The standard InChI is InChI=1S/C25H34O4/c1-19(2)11-9-12-20(3)13-10-14-21(4)17-18-23(26)29-24(25(27)28-5)22-15-7-6-8-16-22/h6-8,11,13,15-17,24H,9-10,12,14,18H2,1-5H3. The van der Waals surface area contributed by atoms with Crippen molar-refractivity contribution in [3.63, 3.8) is 0 Å². The van der Waals surface area contributed by atoms with E-state index in [0.29, 0.717) is 5.56 Å². The summed E-state index contributed by atoms with van der Waals surface area (Å²) in [4.78, 5) is 24.2. The Labute approximate surface area is 175 Å². The van der Waals surface area contributed by atoms with Gasteiger partial charge in [0.15, 0.2) is 0 Å². The van der Waals surface area contributed by atoms with Crippen LogP contribution in [0, 0.1) is 0 Å². The van der Waals surface area contributed by atoms with Crippen LogP contribution in [0.15, 0.2) is 65.3 Å². The number of carbonyl (C=O) groups is 2. The first-order chi connectivity index (χ1) is 13.8. The van der Waals surface area contributed by atoms with Crippen molar-refractivity contribution in [1.82, 2.24) is 0 Å². The summed E-state index contributed by atoms with van der Waals surface area (Å²) in [6.07, 6.45) is 9.49. The molecule has 1 atom stereocenters. The lowest BCUT2D eigenvalue weighted by molar-refractivity contribution is -0.166. The van der Waals surface area contributed by atoms with Crippen LogP contribution in [0.2, 0.25) is 0 Å². The number of hydrogen-bond donors (Lipinski definition) is 0. The molecule has 1 aromatic rings. The Morgan fingerprint density at radius 2 is 1.48 bits per heavy atom. The molecule has 0 fully saturated rings. The molecule has 29 heavy (non-hydrogen) atoms. The maximum Gasteiger partial charge on any atom is 0.351 e. The van der Waals surface area contributed by atoms with E-state index in [0.717, 1.165) is 31.3 Å². The fraction of sp³-hybridized carbons (Fsp3) is 0.440. The number of ether oxygens (including phenoxy) is 2. The predicted octanol–water partition coefficient (Wildman–Crippen LogP) is 6.25. The Hall–Kier alpha value is -2.62. The fourth-order valence-electron chi connectivity index (χ4n) is 2.76. The Morgan fingerprint density at radius 3 is 2.07 bits per heavy atom. The first-order valence-corrected chi connectivity index (χ1v) is 10.1. The van der Waals surface area contributed by atoms with Gasteiger partial charge < -0.3 is 9.47 Å². The molecule has 0 heterocycles. The summed E-state index contributed by atoms with van der Waals surface area (Å²) in [7, 11) is 1.28. The van der Waals surface area contributed by atoms with Crippen molar-refractivity contribution in [3.8, 4) is 0 Å². The monoisotopic (exact) mass is 398 g/mol. The van der Waals surface area contributed by atoms with Crippen LogP contribution in [0.4, 0.5) is 0 Å². The van der Waals surface area contributed by atoms with Gasteiger partial charge in [0.1, 0.15) is 0 Å². The highest BCUT2D eigenvalue weighted by Gasteiger charge is 2.25. The Kier molecular flexibility index (Phi) is 11.4. The molecule has 0 aromatic heterocycles. The number of carbonyl (C=O) groups excluding carboxylic acids is 2. The average Bonchev–Trinajstić information content (AvgIpc) is 2.70. The van der Waals surface area contributed by atoms with Gasteiger partial charge in [-0.2, -0.15) is 0 Å². The second-order valence-electron chi connectivity index (χ2n) is 7.47. The molecule has 0 saturated carbocycles. The Bertz CT molecular complexity index is 737. The van der Waals surface area contributed by atoms with Gasteiger partial charge in [-0.25, -0.2) is 4.79 Å². The largest absolute Gasteiger partial charge is 0.466 e. The summed E-state index contributed by atoms with van der Waals surface area (Å²) in [5, 5.41) is 0. The molecule has 4 nitrogen and oxygen atoms in total. The first kappa shape index (κ1) is 24.4. The highest BCUT2D eigenvalue weighted by atomic mass is 16.6. The number of rotatable bonds is 11. The molecule has 1 unspecified atom stereocenters. The van der Waals surface area contributed by atoms with E-state index in [-0.39, 0.29) is 6.42 Å². The second-order valence-corrected chi connectivity index (χ2v) is 7.47. The summed E-state index contributed by atoms with van der Waals surface area (Å²) in [5.74, 6) is -1.03. The summed E-state index contributed by atoms with van der Waals surface area (Å²) in [5.41, 5.74) is 4.47. The van der Waals surface area contributed by atoms with Gasteiger partial charge in [0.25, 0.3) is 0 Å². The molecule has 0 radical (unpaired) electrons. The molecule has 1 aromatic carbocycles. The van der Waals surface area contributed by atoms with Crippen molar-refractivity contribution in [2.75, 3.05) is 7.11 Å². The van der Waals surface area contributed by atoms with E-state index in [1.807, 2.05) is 19.1 Å². The van der Waals surface area contributed by atoms with Gasteiger partial charge in [-0.1, -0.05) is 65.3 Å². The smallest absolute Gasteiger partial charge is 0.351 e. The van der Waals surface area contributed by atoms with Gasteiger partial charge in [-0.15, -0.1) is 0 Å². The number of benzene rings is 1. The van der Waals surface area contributed by atoms with Crippen molar-refractivity contribution in [2.24, 2.45) is 0 Å². The van der Waals surface area contributed by atoms with Gasteiger partial charge in [0.2, 0.25) is 6.10 Å². The molecule has 0 aliphatic heterocycles. The lowest BCUT2D eigenvalue weighted by Gasteiger charge is -2.15. The molecule has 4 heteroatoms. The normalized spacial score (nSPS) is 12.9. The maximum absolute atomic E-state index is 12.2. The second kappa shape index (κ2) is 13.5. The quantitative estimate of drug-likeness (QED) is 0.326. The summed E-state index contributed by atoms with van der Waals surface area (Å²) >= 11 is 0. The van der Waals surface area contributed by atoms with Gasteiger partial charge in [-0.3, -0.25) is 4.79 Å². The molecule has 158 valence electrons. The van der Waals surface area contributed by atoms with Crippen molar-refractivity contribution in [1.29, 1.82) is 0 Å². The molecule has 0 aliphatic rings. The molecule has 0 spiro atoms. The third-order valence-corrected chi connectivity index (χ3v) is 4.51. The van der Waals surface area contributed by atoms with E-state index >= 15 is 0 Å². The molecule has 0 bridgehead atoms. The zero-order valence-electron chi connectivity index (χ0n) is 18.4. The lowest BCUT2D eigenvalue weighted by atomic mass is 10.1. The fourth-order valence-corrected chi connectivity index (χ4v) is 2.76. The van der Waals surface area contributed by atoms with Crippen LogP contribution in [0.1, 0.15) is 71.5 Å². The van der Waals surface area contributed by atoms with Crippen LogP contribution in [0.5, 0.6) is 0 Å². The minimum atomic E-state index is -1.03. The molecule has 1 rings (SSSR count). The van der Waals surface area contributed by atoms with Crippen LogP contribution in [0.25, 0.3) is 0 Å². The SMILES string of the molecule is COC(=O)C(OC(=O)CC=C(C)CCC=C(C)CCC=C(C)C)c1ccccc1. The zero-order chi connectivity index (χ0) is 21.6. The van der Waals surface area contributed by atoms with Gasteiger partial charge in [-0.05, 0) is 53.4 Å². The third-order valence-electron chi connectivity index (χ3n) is 4.51. The number of allylic oxidation sites excluding steroid dienone is 5. The van der Waals surface area contributed by atoms with Gasteiger partial charge in [0.05, 0.1) is 13.5 Å². The van der Waals surface area contributed by atoms with Crippen LogP contribution < -0.4 is 0 Å². The van der Waals surface area contributed by atoms with E-state index in [9.17, 15) is 9.59 Å². The van der Waals surface area contributed by atoms with E-state index in [4.69, 9.17) is 9.47 Å². The highest BCUT2D eigenvalue weighted by Crippen LogP contribution is 2.20. The van der Waals surface area contributed by atoms with Crippen molar-refractivity contribution in [2.45, 2.75) is 65.9 Å². The van der Waals surface area contributed by atoms with Crippen LogP contribution in [0.3, 0.4) is 0 Å². The predicted molar refractivity (Wildman–Crippen MR) is 117 cm³/mol.